The average Bonchev–Trinajstić information content (AvgIpc) is 3.01. The molecule has 0 aliphatic heterocycles. The molecule has 0 saturated heterocycles. The number of anilines is 1. The third kappa shape index (κ3) is 2.57. The maximum Gasteiger partial charge on any atom is 0.198 e. The number of thiazole rings is 1. The summed E-state index contributed by atoms with van der Waals surface area (Å²) in [5, 5.41) is 9.61. The van der Waals surface area contributed by atoms with Crippen LogP contribution in [0.3, 0.4) is 0 Å². The predicted octanol–water partition coefficient (Wildman–Crippen LogP) is 3.55. The van der Waals surface area contributed by atoms with Crippen LogP contribution in [0.1, 0.15) is 11.1 Å². The molecule has 0 fully saturated rings. The summed E-state index contributed by atoms with van der Waals surface area (Å²) in [7, 11) is 1.63. The number of fused-ring (bicyclic) bond motifs is 3. The van der Waals surface area contributed by atoms with Crippen molar-refractivity contribution in [3.8, 4) is 11.8 Å². The van der Waals surface area contributed by atoms with Crippen LogP contribution in [0.4, 0.5) is 11.5 Å². The monoisotopic (exact) mass is 361 g/mol. The predicted molar refractivity (Wildman–Crippen MR) is 103 cm³/mol. The molecule has 2 heterocycles. The van der Waals surface area contributed by atoms with Crippen molar-refractivity contribution in [2.75, 3.05) is 12.8 Å². The van der Waals surface area contributed by atoms with Crippen LogP contribution in [0.25, 0.3) is 15.2 Å². The van der Waals surface area contributed by atoms with Gasteiger partial charge in [-0.05, 0) is 37.3 Å². The van der Waals surface area contributed by atoms with Gasteiger partial charge in [-0.25, -0.2) is 4.99 Å². The van der Waals surface area contributed by atoms with Crippen LogP contribution < -0.4 is 16.0 Å². The summed E-state index contributed by atoms with van der Waals surface area (Å²) < 4.78 is 8.04. The van der Waals surface area contributed by atoms with E-state index < -0.39 is 0 Å². The molecule has 0 spiro atoms. The molecule has 6 nitrogen and oxygen atoms in total. The Morgan fingerprint density at radius 2 is 2.00 bits per heavy atom. The molecule has 0 bridgehead atoms. The lowest BCUT2D eigenvalue weighted by Crippen LogP contribution is -2.18. The third-order valence-corrected chi connectivity index (χ3v) is 5.11. The Labute approximate surface area is 153 Å². The second kappa shape index (κ2) is 6.17. The summed E-state index contributed by atoms with van der Waals surface area (Å²) >= 11 is 1.47. The lowest BCUT2D eigenvalue weighted by atomic mass is 10.2. The lowest BCUT2D eigenvalue weighted by Gasteiger charge is -2.04. The number of ether oxygens (including phenoxy) is 1. The Bertz CT molecular complexity index is 1250. The summed E-state index contributed by atoms with van der Waals surface area (Å²) in [5.74, 6) is 1.09. The van der Waals surface area contributed by atoms with Gasteiger partial charge >= 0.3 is 0 Å². The van der Waals surface area contributed by atoms with Gasteiger partial charge in [-0.3, -0.25) is 4.40 Å². The molecule has 0 radical (unpaired) electrons. The molecule has 0 unspecified atom stereocenters. The smallest absolute Gasteiger partial charge is 0.198 e. The molecule has 0 aliphatic rings. The van der Waals surface area contributed by atoms with Crippen LogP contribution in [0.2, 0.25) is 0 Å². The van der Waals surface area contributed by atoms with Crippen molar-refractivity contribution in [3.63, 3.8) is 0 Å². The van der Waals surface area contributed by atoms with E-state index in [0.717, 1.165) is 27.2 Å². The van der Waals surface area contributed by atoms with Crippen LogP contribution in [0.15, 0.2) is 47.5 Å². The highest BCUT2D eigenvalue weighted by Gasteiger charge is 2.14. The van der Waals surface area contributed by atoms with Crippen LogP contribution in [-0.4, -0.2) is 16.5 Å². The molecule has 0 atom stereocenters. The molecule has 2 aromatic carbocycles. The Balaban J connectivity index is 2.04. The number of nitrogens with two attached hydrogens (primary N) is 1. The van der Waals surface area contributed by atoms with Crippen molar-refractivity contribution < 1.29 is 4.74 Å². The molecule has 0 amide bonds. The van der Waals surface area contributed by atoms with Gasteiger partial charge in [0.15, 0.2) is 10.4 Å². The minimum atomic E-state index is 0.263. The van der Waals surface area contributed by atoms with Gasteiger partial charge in [0.2, 0.25) is 0 Å². The zero-order valence-corrected chi connectivity index (χ0v) is 15.0. The number of benzene rings is 2. The van der Waals surface area contributed by atoms with Gasteiger partial charge in [-0.1, -0.05) is 29.0 Å². The van der Waals surface area contributed by atoms with Gasteiger partial charge in [0, 0.05) is 0 Å². The van der Waals surface area contributed by atoms with Gasteiger partial charge in [-0.15, -0.1) is 0 Å². The molecule has 7 heteroatoms. The van der Waals surface area contributed by atoms with E-state index in [1.807, 2.05) is 49.4 Å². The Morgan fingerprint density at radius 3 is 2.69 bits per heavy atom. The first-order valence-corrected chi connectivity index (χ1v) is 8.72. The van der Waals surface area contributed by atoms with Crippen LogP contribution in [-0.2, 0) is 0 Å². The first kappa shape index (κ1) is 16.1. The third-order valence-electron chi connectivity index (χ3n) is 4.10. The fourth-order valence-corrected chi connectivity index (χ4v) is 3.80. The van der Waals surface area contributed by atoms with Gasteiger partial charge in [0.1, 0.15) is 23.2 Å². The lowest BCUT2D eigenvalue weighted by molar-refractivity contribution is 0.415. The number of nitrogens with zero attached hydrogens (tertiary/aromatic N) is 4. The normalized spacial score (nSPS) is 11.8. The van der Waals surface area contributed by atoms with Gasteiger partial charge in [0.05, 0.1) is 23.0 Å². The zero-order chi connectivity index (χ0) is 18.3. The van der Waals surface area contributed by atoms with Gasteiger partial charge < -0.3 is 10.5 Å². The first-order valence-electron chi connectivity index (χ1n) is 7.91. The Hall–Kier alpha value is -3.37. The first-order chi connectivity index (χ1) is 12.6. The SMILES string of the molecule is COc1ccc2c(c1)sc1nc(=Nc3ccc(C)cc3)c(C#N)c(N)n12. The van der Waals surface area contributed by atoms with Gasteiger partial charge in [0.25, 0.3) is 0 Å². The van der Waals surface area contributed by atoms with Crippen molar-refractivity contribution >= 4 is 38.0 Å². The standard InChI is InChI=1S/C19H15N5OS/c1-11-3-5-12(6-4-11)22-18-14(10-20)17(21)24-15-8-7-13(25-2)9-16(15)26-19(24)23-18/h3-9H,21H2,1-2H3. The molecular weight excluding hydrogens is 346 g/mol. The highest BCUT2D eigenvalue weighted by atomic mass is 32.1. The van der Waals surface area contributed by atoms with Crippen LogP contribution in [0, 0.1) is 18.3 Å². The van der Waals surface area contributed by atoms with E-state index in [9.17, 15) is 5.26 Å². The fraction of sp³-hybridized carbons (Fsp3) is 0.105. The molecule has 2 aromatic heterocycles. The van der Waals surface area contributed by atoms with E-state index in [1.54, 1.807) is 11.5 Å². The van der Waals surface area contributed by atoms with Crippen LogP contribution >= 0.6 is 11.3 Å². The molecule has 0 aliphatic carbocycles. The number of aryl methyl sites for hydroxylation is 1. The van der Waals surface area contributed by atoms with E-state index in [2.05, 4.69) is 16.0 Å². The average molecular weight is 361 g/mol. The van der Waals surface area contributed by atoms with E-state index in [4.69, 9.17) is 10.5 Å². The number of methoxy groups -OCH3 is 1. The Kier molecular flexibility index (Phi) is 3.82. The number of hydrogen-bond acceptors (Lipinski definition) is 6. The van der Waals surface area contributed by atoms with E-state index in [0.29, 0.717) is 16.3 Å². The maximum atomic E-state index is 9.61. The summed E-state index contributed by atoms with van der Waals surface area (Å²) in [4.78, 5) is 9.79. The molecule has 0 saturated carbocycles. The Morgan fingerprint density at radius 1 is 1.23 bits per heavy atom. The van der Waals surface area contributed by atoms with Crippen molar-refractivity contribution in [3.05, 3.63) is 59.1 Å². The van der Waals surface area contributed by atoms with Crippen molar-refractivity contribution in [2.45, 2.75) is 6.92 Å². The molecule has 2 N–H and O–H groups in total. The van der Waals surface area contributed by atoms with E-state index in [-0.39, 0.29) is 5.56 Å². The highest BCUT2D eigenvalue weighted by molar-refractivity contribution is 7.23. The highest BCUT2D eigenvalue weighted by Crippen LogP contribution is 2.30. The largest absolute Gasteiger partial charge is 0.497 e. The number of nitrogen functional groups attached to an aromatic ring is 1. The number of nitriles is 1. The van der Waals surface area contributed by atoms with E-state index >= 15 is 0 Å². The van der Waals surface area contributed by atoms with Gasteiger partial charge in [-0.2, -0.15) is 10.2 Å². The summed E-state index contributed by atoms with van der Waals surface area (Å²) in [6.07, 6.45) is 0. The minimum Gasteiger partial charge on any atom is -0.497 e. The van der Waals surface area contributed by atoms with Crippen molar-refractivity contribution in [2.24, 2.45) is 4.99 Å². The summed E-state index contributed by atoms with van der Waals surface area (Å²) in [6, 6.07) is 15.6. The second-order valence-corrected chi connectivity index (χ2v) is 6.82. The molecular formula is C19H15N5OS. The molecule has 4 rings (SSSR count). The van der Waals surface area contributed by atoms with Crippen molar-refractivity contribution in [1.82, 2.24) is 9.38 Å². The second-order valence-electron chi connectivity index (χ2n) is 5.81. The zero-order valence-electron chi connectivity index (χ0n) is 14.2. The minimum absolute atomic E-state index is 0.263. The van der Waals surface area contributed by atoms with Crippen molar-refractivity contribution in [1.29, 1.82) is 5.26 Å². The molecule has 128 valence electrons. The molecule has 4 aromatic rings. The molecule has 26 heavy (non-hydrogen) atoms. The summed E-state index contributed by atoms with van der Waals surface area (Å²) in [6.45, 7) is 2.01. The fourth-order valence-electron chi connectivity index (χ4n) is 2.74. The maximum absolute atomic E-state index is 9.61. The number of rotatable bonds is 2. The number of aromatic nitrogens is 2. The number of hydrogen-bond donors (Lipinski definition) is 1. The quantitative estimate of drug-likeness (QED) is 0.591. The van der Waals surface area contributed by atoms with Crippen LogP contribution in [0.5, 0.6) is 5.75 Å². The topological polar surface area (TPSA) is 88.7 Å². The summed E-state index contributed by atoms with van der Waals surface area (Å²) in [5.41, 5.74) is 9.65. The van der Waals surface area contributed by atoms with E-state index in [1.165, 1.54) is 11.3 Å².